The first kappa shape index (κ1) is 28.6. The Morgan fingerprint density at radius 3 is 2.26 bits per heavy atom. The Kier molecular flexibility index (Phi) is 8.66. The number of anilines is 1. The second-order valence-electron chi connectivity index (χ2n) is 10.4. The van der Waals surface area contributed by atoms with Crippen molar-refractivity contribution in [3.8, 4) is 23.0 Å². The second kappa shape index (κ2) is 12.7. The fourth-order valence-corrected chi connectivity index (χ4v) is 5.18. The van der Waals surface area contributed by atoms with E-state index < -0.39 is 0 Å². The van der Waals surface area contributed by atoms with Crippen molar-refractivity contribution >= 4 is 17.6 Å². The molecular formula is C33H36N4O5. The maximum atomic E-state index is 14.0. The number of carbonyl (C=O) groups is 2. The summed E-state index contributed by atoms with van der Waals surface area (Å²) in [5.41, 5.74) is 2.45. The molecule has 0 fully saturated rings. The van der Waals surface area contributed by atoms with Crippen LogP contribution in [0, 0.1) is 0 Å². The van der Waals surface area contributed by atoms with Crippen molar-refractivity contribution in [2.45, 2.75) is 32.5 Å². The molecule has 1 aliphatic heterocycles. The van der Waals surface area contributed by atoms with Gasteiger partial charge in [0.05, 0.1) is 20.3 Å². The van der Waals surface area contributed by atoms with Crippen LogP contribution in [0.1, 0.15) is 31.1 Å². The van der Waals surface area contributed by atoms with E-state index in [2.05, 4.69) is 9.88 Å². The molecule has 9 heteroatoms. The third kappa shape index (κ3) is 6.35. The number of urea groups is 1. The molecule has 218 valence electrons. The summed E-state index contributed by atoms with van der Waals surface area (Å²) in [6, 6.07) is 25.7. The monoisotopic (exact) mass is 568 g/mol. The van der Waals surface area contributed by atoms with Crippen LogP contribution in [-0.4, -0.2) is 59.7 Å². The highest BCUT2D eigenvalue weighted by atomic mass is 16.5. The highest BCUT2D eigenvalue weighted by Crippen LogP contribution is 2.35. The summed E-state index contributed by atoms with van der Waals surface area (Å²) in [5.74, 6) is 2.38. The van der Waals surface area contributed by atoms with Gasteiger partial charge in [-0.1, -0.05) is 30.3 Å². The van der Waals surface area contributed by atoms with E-state index in [9.17, 15) is 9.59 Å². The van der Waals surface area contributed by atoms with Gasteiger partial charge in [-0.2, -0.15) is 0 Å². The normalized spacial score (nSPS) is 14.2. The summed E-state index contributed by atoms with van der Waals surface area (Å²) in [7, 11) is 3.10. The fourth-order valence-electron chi connectivity index (χ4n) is 5.18. The standard InChI is InChI=1S/C33H36N4O5/c1-23(2)37(33(39)34-25-19-28(40-3)21-29(20-25)41-4)22-31(38)36-17-16-35-15-9-14-30(35)32(36)24-10-8-13-27(18-24)42-26-11-6-5-7-12-26/h5-15,18-21,23,32H,16-17,22H2,1-4H3,(H,34,39). The molecule has 5 rings (SSSR count). The Hall–Kier alpha value is -4.92. The molecule has 9 nitrogen and oxygen atoms in total. The number of amides is 3. The van der Waals surface area contributed by atoms with E-state index in [1.165, 1.54) is 4.90 Å². The van der Waals surface area contributed by atoms with Crippen molar-refractivity contribution in [2.24, 2.45) is 0 Å². The largest absolute Gasteiger partial charge is 0.497 e. The van der Waals surface area contributed by atoms with E-state index in [0.717, 1.165) is 17.0 Å². The number of benzene rings is 3. The van der Waals surface area contributed by atoms with E-state index in [0.29, 0.717) is 36.0 Å². The lowest BCUT2D eigenvalue weighted by atomic mass is 9.99. The van der Waals surface area contributed by atoms with Gasteiger partial charge in [0.2, 0.25) is 5.91 Å². The number of carbonyl (C=O) groups excluding carboxylic acids is 2. The molecule has 3 aromatic carbocycles. The fraction of sp³-hybridized carbons (Fsp3) is 0.273. The Morgan fingerprint density at radius 2 is 1.57 bits per heavy atom. The maximum Gasteiger partial charge on any atom is 0.322 e. The Labute approximate surface area is 246 Å². The molecule has 1 N–H and O–H groups in total. The number of methoxy groups -OCH3 is 2. The molecule has 42 heavy (non-hydrogen) atoms. The molecule has 1 aromatic heterocycles. The number of fused-ring (bicyclic) bond motifs is 1. The number of ether oxygens (including phenoxy) is 3. The van der Waals surface area contributed by atoms with Crippen molar-refractivity contribution in [3.05, 3.63) is 102 Å². The van der Waals surface area contributed by atoms with Gasteiger partial charge in [-0.05, 0) is 55.8 Å². The van der Waals surface area contributed by atoms with Crippen LogP contribution in [0.2, 0.25) is 0 Å². The average Bonchev–Trinajstić information content (AvgIpc) is 3.48. The molecule has 1 atom stereocenters. The van der Waals surface area contributed by atoms with Crippen molar-refractivity contribution in [1.82, 2.24) is 14.4 Å². The van der Waals surface area contributed by atoms with Gasteiger partial charge in [-0.25, -0.2) is 4.79 Å². The van der Waals surface area contributed by atoms with Gasteiger partial charge in [-0.15, -0.1) is 0 Å². The van der Waals surface area contributed by atoms with Crippen molar-refractivity contribution < 1.29 is 23.8 Å². The third-order valence-electron chi connectivity index (χ3n) is 7.30. The van der Waals surface area contributed by atoms with Gasteiger partial charge >= 0.3 is 6.03 Å². The number of hydrogen-bond donors (Lipinski definition) is 1. The Morgan fingerprint density at radius 1 is 0.857 bits per heavy atom. The zero-order valence-corrected chi connectivity index (χ0v) is 24.3. The summed E-state index contributed by atoms with van der Waals surface area (Å²) in [5, 5.41) is 2.90. The molecule has 0 saturated heterocycles. The summed E-state index contributed by atoms with van der Waals surface area (Å²) in [4.78, 5) is 30.8. The van der Waals surface area contributed by atoms with Gasteiger partial charge in [0.15, 0.2) is 0 Å². The van der Waals surface area contributed by atoms with Gasteiger partial charge < -0.3 is 33.9 Å². The van der Waals surface area contributed by atoms with Gasteiger partial charge in [0, 0.05) is 54.9 Å². The lowest BCUT2D eigenvalue weighted by molar-refractivity contribution is -0.134. The average molecular weight is 569 g/mol. The van der Waals surface area contributed by atoms with Crippen LogP contribution in [0.15, 0.2) is 91.1 Å². The molecule has 0 spiro atoms. The second-order valence-corrected chi connectivity index (χ2v) is 10.4. The first-order valence-electron chi connectivity index (χ1n) is 13.9. The molecule has 1 unspecified atom stereocenters. The van der Waals surface area contributed by atoms with Crippen LogP contribution >= 0.6 is 0 Å². The van der Waals surface area contributed by atoms with Crippen LogP contribution < -0.4 is 19.5 Å². The molecular weight excluding hydrogens is 532 g/mol. The van der Waals surface area contributed by atoms with E-state index in [4.69, 9.17) is 14.2 Å². The molecule has 0 radical (unpaired) electrons. The van der Waals surface area contributed by atoms with Crippen LogP contribution in [0.4, 0.5) is 10.5 Å². The molecule has 0 aliphatic carbocycles. The number of nitrogens with one attached hydrogen (secondary N) is 1. The number of rotatable bonds is 9. The molecule has 0 bridgehead atoms. The number of nitrogens with zero attached hydrogens (tertiary/aromatic N) is 3. The summed E-state index contributed by atoms with van der Waals surface area (Å²) >= 11 is 0. The topological polar surface area (TPSA) is 85.3 Å². The van der Waals surface area contributed by atoms with E-state index in [1.54, 1.807) is 32.4 Å². The smallest absolute Gasteiger partial charge is 0.322 e. The lowest BCUT2D eigenvalue weighted by Gasteiger charge is -2.39. The first-order valence-corrected chi connectivity index (χ1v) is 13.9. The van der Waals surface area contributed by atoms with Crippen LogP contribution in [0.5, 0.6) is 23.0 Å². The molecule has 3 amide bonds. The SMILES string of the molecule is COc1cc(NC(=O)N(CC(=O)N2CCn3cccc3C2c2cccc(Oc3ccccc3)c2)C(C)C)cc(OC)c1. The van der Waals surface area contributed by atoms with Gasteiger partial charge in [-0.3, -0.25) is 4.79 Å². The van der Waals surface area contributed by atoms with Crippen LogP contribution in [0.3, 0.4) is 0 Å². The number of aromatic nitrogens is 1. The summed E-state index contributed by atoms with van der Waals surface area (Å²) in [6.45, 7) is 4.88. The van der Waals surface area contributed by atoms with Crippen molar-refractivity contribution in [2.75, 3.05) is 32.6 Å². The summed E-state index contributed by atoms with van der Waals surface area (Å²) in [6.07, 6.45) is 2.03. The zero-order chi connectivity index (χ0) is 29.6. The van der Waals surface area contributed by atoms with Gasteiger partial charge in [0.1, 0.15) is 29.5 Å². The molecule has 4 aromatic rings. The minimum atomic E-state index is -0.385. The highest BCUT2D eigenvalue weighted by Gasteiger charge is 2.34. The predicted octanol–water partition coefficient (Wildman–Crippen LogP) is 6.17. The minimum absolute atomic E-state index is 0.0813. The van der Waals surface area contributed by atoms with E-state index in [1.807, 2.05) is 91.7 Å². The Bertz CT molecular complexity index is 1510. The van der Waals surface area contributed by atoms with Crippen molar-refractivity contribution in [3.63, 3.8) is 0 Å². The minimum Gasteiger partial charge on any atom is -0.497 e. The molecule has 2 heterocycles. The van der Waals surface area contributed by atoms with E-state index in [-0.39, 0.29) is 30.6 Å². The maximum absolute atomic E-state index is 14.0. The zero-order valence-electron chi connectivity index (χ0n) is 24.3. The van der Waals surface area contributed by atoms with Crippen LogP contribution in [0.25, 0.3) is 0 Å². The predicted molar refractivity (Wildman–Crippen MR) is 161 cm³/mol. The quantitative estimate of drug-likeness (QED) is 0.261. The van der Waals surface area contributed by atoms with Gasteiger partial charge in [0.25, 0.3) is 0 Å². The Balaban J connectivity index is 1.38. The third-order valence-corrected chi connectivity index (χ3v) is 7.30. The highest BCUT2D eigenvalue weighted by molar-refractivity contribution is 5.93. The number of para-hydroxylation sites is 1. The lowest BCUT2D eigenvalue weighted by Crippen LogP contribution is -2.50. The molecule has 1 aliphatic rings. The first-order chi connectivity index (χ1) is 20.4. The number of hydrogen-bond acceptors (Lipinski definition) is 5. The van der Waals surface area contributed by atoms with Crippen LogP contribution in [-0.2, 0) is 11.3 Å². The van der Waals surface area contributed by atoms with Crippen molar-refractivity contribution in [1.29, 1.82) is 0 Å². The van der Waals surface area contributed by atoms with E-state index >= 15 is 0 Å². The molecule has 0 saturated carbocycles. The summed E-state index contributed by atoms with van der Waals surface area (Å²) < 4.78 is 18.9.